The average molecular weight is 280 g/mol. The normalized spacial score (nSPS) is 25.8. The number of thiophene rings is 1. The molecule has 1 aliphatic carbocycles. The van der Waals surface area contributed by atoms with Crippen LogP contribution in [0, 0.1) is 0 Å². The van der Waals surface area contributed by atoms with E-state index < -0.39 is 0 Å². The Kier molecular flexibility index (Phi) is 3.86. The van der Waals surface area contributed by atoms with Gasteiger partial charge in [-0.15, -0.1) is 11.3 Å². The number of fused-ring (bicyclic) bond motifs is 1. The highest BCUT2D eigenvalue weighted by Crippen LogP contribution is 2.24. The van der Waals surface area contributed by atoms with Gasteiger partial charge in [-0.25, -0.2) is 0 Å². The van der Waals surface area contributed by atoms with Crippen LogP contribution in [-0.2, 0) is 22.5 Å². The fourth-order valence-electron chi connectivity index (χ4n) is 2.73. The molecule has 1 N–H and O–H groups in total. The number of rotatable bonds is 4. The number of nitrogens with one attached hydrogen (secondary N) is 1. The maximum absolute atomic E-state index is 12.2. The second-order valence-electron chi connectivity index (χ2n) is 5.34. The topological polar surface area (TPSA) is 41.6 Å². The lowest BCUT2D eigenvalue weighted by molar-refractivity contribution is -0.131. The fraction of sp³-hybridized carbons (Fsp3) is 0.643. The van der Waals surface area contributed by atoms with E-state index in [4.69, 9.17) is 4.74 Å². The summed E-state index contributed by atoms with van der Waals surface area (Å²) in [5.41, 5.74) is 1.33. The second kappa shape index (κ2) is 5.61. The third kappa shape index (κ3) is 2.83. The molecule has 1 aromatic rings. The summed E-state index contributed by atoms with van der Waals surface area (Å²) in [6.45, 7) is 2.10. The molecule has 1 aromatic heterocycles. The zero-order chi connectivity index (χ0) is 13.2. The average Bonchev–Trinajstić information content (AvgIpc) is 2.84. The minimum absolute atomic E-state index is 0.220. The maximum Gasteiger partial charge on any atom is 0.236 e. The molecule has 0 radical (unpaired) electrons. The minimum Gasteiger partial charge on any atom is -0.381 e. The van der Waals surface area contributed by atoms with Crippen molar-refractivity contribution in [1.82, 2.24) is 10.2 Å². The lowest BCUT2D eigenvalue weighted by atomic mass is 9.89. The molecule has 0 atom stereocenters. The predicted molar refractivity (Wildman–Crippen MR) is 75.3 cm³/mol. The quantitative estimate of drug-likeness (QED) is 0.906. The predicted octanol–water partition coefficient (Wildman–Crippen LogP) is 1.40. The van der Waals surface area contributed by atoms with Crippen LogP contribution < -0.4 is 5.32 Å². The molecule has 5 heteroatoms. The van der Waals surface area contributed by atoms with E-state index in [9.17, 15) is 4.79 Å². The molecule has 0 spiro atoms. The van der Waals surface area contributed by atoms with E-state index in [-0.39, 0.29) is 5.91 Å². The highest BCUT2D eigenvalue weighted by Gasteiger charge is 2.29. The largest absolute Gasteiger partial charge is 0.381 e. The summed E-state index contributed by atoms with van der Waals surface area (Å²) in [6, 6.07) is 2.59. The van der Waals surface area contributed by atoms with Crippen molar-refractivity contribution in [2.75, 3.05) is 20.2 Å². The Labute approximate surface area is 117 Å². The lowest BCUT2D eigenvalue weighted by Crippen LogP contribution is -2.49. The Morgan fingerprint density at radius 3 is 3.21 bits per heavy atom. The van der Waals surface area contributed by atoms with E-state index in [1.165, 1.54) is 10.4 Å². The van der Waals surface area contributed by atoms with Crippen molar-refractivity contribution in [3.05, 3.63) is 21.9 Å². The first-order valence-electron chi connectivity index (χ1n) is 6.85. The standard InChI is InChI=1S/C14H20N2O2S/c1-18-12-6-11(7-12)15-8-14(17)16-4-2-13-10(9-16)3-5-19-13/h3,5,11-12,15H,2,4,6-9H2,1H3. The molecule has 1 aliphatic heterocycles. The van der Waals surface area contributed by atoms with Gasteiger partial charge < -0.3 is 15.0 Å². The lowest BCUT2D eigenvalue weighted by Gasteiger charge is -2.35. The van der Waals surface area contributed by atoms with Gasteiger partial charge in [-0.2, -0.15) is 0 Å². The molecule has 0 bridgehead atoms. The number of hydrogen-bond donors (Lipinski definition) is 1. The number of carbonyl (C=O) groups excluding carboxylic acids is 1. The van der Waals surface area contributed by atoms with Gasteiger partial charge in [0, 0.05) is 31.1 Å². The first-order valence-corrected chi connectivity index (χ1v) is 7.73. The van der Waals surface area contributed by atoms with Gasteiger partial charge in [0.2, 0.25) is 5.91 Å². The van der Waals surface area contributed by atoms with Crippen LogP contribution in [0.15, 0.2) is 11.4 Å². The van der Waals surface area contributed by atoms with Crippen molar-refractivity contribution in [3.8, 4) is 0 Å². The van der Waals surface area contributed by atoms with Crippen molar-refractivity contribution in [1.29, 1.82) is 0 Å². The zero-order valence-corrected chi connectivity index (χ0v) is 12.0. The fourth-order valence-corrected chi connectivity index (χ4v) is 3.62. The highest BCUT2D eigenvalue weighted by molar-refractivity contribution is 7.10. The third-order valence-electron chi connectivity index (χ3n) is 4.13. The molecule has 104 valence electrons. The Morgan fingerprint density at radius 2 is 2.42 bits per heavy atom. The minimum atomic E-state index is 0.220. The van der Waals surface area contributed by atoms with E-state index in [0.717, 1.165) is 32.4 Å². The van der Waals surface area contributed by atoms with Crippen LogP contribution in [0.4, 0.5) is 0 Å². The van der Waals surface area contributed by atoms with E-state index in [0.29, 0.717) is 18.7 Å². The molecule has 19 heavy (non-hydrogen) atoms. The van der Waals surface area contributed by atoms with Gasteiger partial charge in [0.1, 0.15) is 0 Å². The van der Waals surface area contributed by atoms with Crippen LogP contribution >= 0.6 is 11.3 Å². The highest BCUT2D eigenvalue weighted by atomic mass is 32.1. The third-order valence-corrected chi connectivity index (χ3v) is 5.15. The molecular formula is C14H20N2O2S. The molecular weight excluding hydrogens is 260 g/mol. The monoisotopic (exact) mass is 280 g/mol. The Bertz CT molecular complexity index is 454. The Hall–Kier alpha value is -0.910. The molecule has 0 unspecified atom stereocenters. The van der Waals surface area contributed by atoms with Crippen molar-refractivity contribution in [2.45, 2.75) is 38.0 Å². The number of ether oxygens (including phenoxy) is 1. The summed E-state index contributed by atoms with van der Waals surface area (Å²) in [7, 11) is 1.75. The van der Waals surface area contributed by atoms with Crippen LogP contribution in [0.3, 0.4) is 0 Å². The van der Waals surface area contributed by atoms with Crippen LogP contribution in [-0.4, -0.2) is 43.2 Å². The molecule has 1 amide bonds. The van der Waals surface area contributed by atoms with Crippen LogP contribution in [0.25, 0.3) is 0 Å². The maximum atomic E-state index is 12.2. The smallest absolute Gasteiger partial charge is 0.236 e. The first kappa shape index (κ1) is 13.1. The van der Waals surface area contributed by atoms with Gasteiger partial charge in [-0.05, 0) is 36.3 Å². The summed E-state index contributed by atoms with van der Waals surface area (Å²) in [5, 5.41) is 5.45. The zero-order valence-electron chi connectivity index (χ0n) is 11.2. The second-order valence-corrected chi connectivity index (χ2v) is 6.34. The van der Waals surface area contributed by atoms with Gasteiger partial charge in [0.15, 0.2) is 0 Å². The first-order chi connectivity index (χ1) is 9.26. The molecule has 2 aliphatic rings. The molecule has 3 rings (SSSR count). The summed E-state index contributed by atoms with van der Waals surface area (Å²) >= 11 is 1.81. The van der Waals surface area contributed by atoms with Crippen molar-refractivity contribution >= 4 is 17.2 Å². The molecule has 0 aromatic carbocycles. The van der Waals surface area contributed by atoms with Gasteiger partial charge in [0.25, 0.3) is 0 Å². The molecule has 4 nitrogen and oxygen atoms in total. The number of hydrogen-bond acceptors (Lipinski definition) is 4. The Morgan fingerprint density at radius 1 is 1.58 bits per heavy atom. The van der Waals surface area contributed by atoms with Crippen LogP contribution in [0.5, 0.6) is 0 Å². The summed E-state index contributed by atoms with van der Waals surface area (Å²) in [5.74, 6) is 0.220. The van der Waals surface area contributed by atoms with Gasteiger partial charge in [-0.3, -0.25) is 4.79 Å². The van der Waals surface area contributed by atoms with Gasteiger partial charge in [-0.1, -0.05) is 0 Å². The van der Waals surface area contributed by atoms with E-state index in [1.807, 2.05) is 4.90 Å². The van der Waals surface area contributed by atoms with E-state index >= 15 is 0 Å². The molecule has 1 saturated carbocycles. The van der Waals surface area contributed by atoms with E-state index in [2.05, 4.69) is 16.8 Å². The van der Waals surface area contributed by atoms with Gasteiger partial charge >= 0.3 is 0 Å². The number of amides is 1. The number of nitrogens with zero attached hydrogens (tertiary/aromatic N) is 1. The molecule has 0 saturated heterocycles. The van der Waals surface area contributed by atoms with Crippen molar-refractivity contribution < 1.29 is 9.53 Å². The van der Waals surface area contributed by atoms with E-state index in [1.54, 1.807) is 18.4 Å². The summed E-state index contributed by atoms with van der Waals surface area (Å²) in [4.78, 5) is 15.6. The summed E-state index contributed by atoms with van der Waals surface area (Å²) in [6.07, 6.45) is 3.45. The summed E-state index contributed by atoms with van der Waals surface area (Å²) < 4.78 is 5.24. The van der Waals surface area contributed by atoms with Gasteiger partial charge in [0.05, 0.1) is 12.6 Å². The molecule has 2 heterocycles. The van der Waals surface area contributed by atoms with Crippen molar-refractivity contribution in [2.24, 2.45) is 0 Å². The van der Waals surface area contributed by atoms with Crippen molar-refractivity contribution in [3.63, 3.8) is 0 Å². The Balaban J connectivity index is 1.44. The van der Waals surface area contributed by atoms with Crippen LogP contribution in [0.1, 0.15) is 23.3 Å². The molecule has 1 fully saturated rings. The number of carbonyl (C=O) groups is 1. The number of methoxy groups -OCH3 is 1. The van der Waals surface area contributed by atoms with Crippen LogP contribution in [0.2, 0.25) is 0 Å². The SMILES string of the molecule is COC1CC(NCC(=O)N2CCc3sccc3C2)C1.